The Morgan fingerprint density at radius 3 is 2.62 bits per heavy atom. The van der Waals surface area contributed by atoms with Gasteiger partial charge in [-0.3, -0.25) is 0 Å². The number of hydrogen-bond acceptors (Lipinski definition) is 3. The van der Waals surface area contributed by atoms with E-state index in [0.717, 1.165) is 0 Å². The summed E-state index contributed by atoms with van der Waals surface area (Å²) in [7, 11) is 0. The lowest BCUT2D eigenvalue weighted by molar-refractivity contribution is 0.0531. The molecule has 2 N–H and O–H groups in total. The van der Waals surface area contributed by atoms with Crippen LogP contribution in [0.15, 0.2) is 30.4 Å². The molecule has 1 aromatic heterocycles. The van der Waals surface area contributed by atoms with Gasteiger partial charge in [-0.1, -0.05) is 0 Å². The van der Waals surface area contributed by atoms with E-state index in [4.69, 9.17) is 9.84 Å². The molecule has 0 aromatic carbocycles. The molecule has 0 saturated carbocycles. The number of ether oxygens (including phenoxy) is 1. The third kappa shape index (κ3) is 6.11. The number of carboxylic acids is 1. The van der Waals surface area contributed by atoms with Gasteiger partial charge < -0.3 is 19.7 Å². The van der Waals surface area contributed by atoms with Crippen molar-refractivity contribution < 1.29 is 23.8 Å². The van der Waals surface area contributed by atoms with Gasteiger partial charge >= 0.3 is 12.1 Å². The molecule has 0 unspecified atom stereocenters. The van der Waals surface area contributed by atoms with Gasteiger partial charge in [0.25, 0.3) is 0 Å². The molecule has 116 valence electrons. The smallest absolute Gasteiger partial charge is 0.407 e. The minimum atomic E-state index is -1.05. The summed E-state index contributed by atoms with van der Waals surface area (Å²) in [6, 6.07) is 1.42. The molecule has 0 radical (unpaired) electrons. The summed E-state index contributed by atoms with van der Waals surface area (Å²) >= 11 is 0. The van der Waals surface area contributed by atoms with Crippen LogP contribution in [0.2, 0.25) is 0 Å². The number of halogens is 1. The Kier molecular flexibility index (Phi) is 5.52. The van der Waals surface area contributed by atoms with E-state index in [-0.39, 0.29) is 24.2 Å². The highest BCUT2D eigenvalue weighted by molar-refractivity contribution is 5.87. The topological polar surface area (TPSA) is 80.6 Å². The van der Waals surface area contributed by atoms with Crippen molar-refractivity contribution in [1.82, 2.24) is 9.88 Å². The highest BCUT2D eigenvalue weighted by atomic mass is 19.1. The van der Waals surface area contributed by atoms with E-state index in [1.807, 2.05) is 0 Å². The minimum Gasteiger partial charge on any atom is -0.478 e. The summed E-state index contributed by atoms with van der Waals surface area (Å²) in [5.41, 5.74) is -0.220. The van der Waals surface area contributed by atoms with Gasteiger partial charge in [-0.15, -0.1) is 0 Å². The number of rotatable bonds is 5. The summed E-state index contributed by atoms with van der Waals surface area (Å²) in [5.74, 6) is -1.05. The van der Waals surface area contributed by atoms with E-state index >= 15 is 0 Å². The zero-order valence-corrected chi connectivity index (χ0v) is 12.2. The van der Waals surface area contributed by atoms with Crippen molar-refractivity contribution in [3.63, 3.8) is 0 Å². The number of nitrogens with zero attached hydrogens (tertiary/aromatic N) is 1. The van der Waals surface area contributed by atoms with Crippen LogP contribution >= 0.6 is 0 Å². The van der Waals surface area contributed by atoms with Crippen LogP contribution in [0.5, 0.6) is 0 Å². The summed E-state index contributed by atoms with van der Waals surface area (Å²) in [6.07, 6.45) is 2.66. The molecule has 0 aliphatic heterocycles. The Balaban J connectivity index is 2.52. The Morgan fingerprint density at radius 1 is 1.48 bits per heavy atom. The van der Waals surface area contributed by atoms with Crippen molar-refractivity contribution in [2.75, 3.05) is 6.54 Å². The predicted octanol–water partition coefficient (Wildman–Crippen LogP) is 2.56. The maximum atomic E-state index is 12.8. The average molecular weight is 298 g/mol. The van der Waals surface area contributed by atoms with Gasteiger partial charge in [-0.2, -0.15) is 0 Å². The van der Waals surface area contributed by atoms with Crippen molar-refractivity contribution >= 4 is 12.1 Å². The van der Waals surface area contributed by atoms with Gasteiger partial charge in [-0.05, 0) is 32.4 Å². The average Bonchev–Trinajstić information content (AvgIpc) is 2.80. The van der Waals surface area contributed by atoms with Crippen LogP contribution in [-0.4, -0.2) is 33.9 Å². The van der Waals surface area contributed by atoms with Crippen LogP contribution in [-0.2, 0) is 11.3 Å². The molecular weight excluding hydrogens is 279 g/mol. The number of hydrogen-bond donors (Lipinski definition) is 2. The molecule has 0 atom stereocenters. The summed E-state index contributed by atoms with van der Waals surface area (Å²) in [4.78, 5) is 22.2. The predicted molar refractivity (Wildman–Crippen MR) is 74.8 cm³/mol. The fraction of sp³-hybridized carbons (Fsp3) is 0.429. The standard InChI is InChI=1S/C14H19FN2O4/c1-14(2,3)21-13(20)16-7-10(6-15)8-17-5-4-11(9-17)12(18)19/h4-6,9H,7-8H2,1-3H3,(H,16,20)(H,18,19)/b10-6+. The molecule has 0 saturated heterocycles. The summed E-state index contributed by atoms with van der Waals surface area (Å²) < 4.78 is 19.4. The van der Waals surface area contributed by atoms with E-state index < -0.39 is 17.7 Å². The molecule has 0 aliphatic carbocycles. The van der Waals surface area contributed by atoms with E-state index in [1.54, 1.807) is 20.8 Å². The number of amides is 1. The van der Waals surface area contributed by atoms with Gasteiger partial charge in [0, 0.05) is 25.5 Å². The fourth-order valence-corrected chi connectivity index (χ4v) is 1.53. The van der Waals surface area contributed by atoms with Crippen LogP contribution in [0, 0.1) is 0 Å². The lowest BCUT2D eigenvalue weighted by Crippen LogP contribution is -2.33. The lowest BCUT2D eigenvalue weighted by atomic mass is 10.2. The normalized spacial score (nSPS) is 12.1. The first-order valence-electron chi connectivity index (χ1n) is 6.35. The number of carbonyl (C=O) groups is 2. The molecule has 1 rings (SSSR count). The Bertz CT molecular complexity index is 543. The first-order chi connectivity index (χ1) is 9.71. The van der Waals surface area contributed by atoms with E-state index in [9.17, 15) is 14.0 Å². The van der Waals surface area contributed by atoms with Crippen molar-refractivity contribution in [3.05, 3.63) is 35.9 Å². The lowest BCUT2D eigenvalue weighted by Gasteiger charge is -2.20. The first-order valence-corrected chi connectivity index (χ1v) is 6.35. The van der Waals surface area contributed by atoms with Gasteiger partial charge in [0.1, 0.15) is 5.60 Å². The molecular formula is C14H19FN2O4. The Morgan fingerprint density at radius 2 is 2.14 bits per heavy atom. The quantitative estimate of drug-likeness (QED) is 0.875. The molecule has 7 heteroatoms. The second kappa shape index (κ2) is 6.92. The molecule has 6 nitrogen and oxygen atoms in total. The molecule has 21 heavy (non-hydrogen) atoms. The van der Waals surface area contributed by atoms with E-state index in [2.05, 4.69) is 5.32 Å². The van der Waals surface area contributed by atoms with Crippen LogP contribution in [0.25, 0.3) is 0 Å². The fourth-order valence-electron chi connectivity index (χ4n) is 1.53. The number of nitrogens with one attached hydrogen (secondary N) is 1. The van der Waals surface area contributed by atoms with Gasteiger partial charge in [0.05, 0.1) is 11.9 Å². The first kappa shape index (κ1) is 16.7. The van der Waals surface area contributed by atoms with Crippen LogP contribution in [0.3, 0.4) is 0 Å². The molecule has 0 bridgehead atoms. The second-order valence-electron chi connectivity index (χ2n) is 5.50. The maximum absolute atomic E-state index is 12.8. The SMILES string of the molecule is CC(C)(C)OC(=O)NC/C(=C\F)Cn1ccc(C(=O)O)c1. The van der Waals surface area contributed by atoms with Crippen LogP contribution in [0.4, 0.5) is 9.18 Å². The van der Waals surface area contributed by atoms with Crippen molar-refractivity contribution in [3.8, 4) is 0 Å². The van der Waals surface area contributed by atoms with Crippen molar-refractivity contribution in [2.45, 2.75) is 32.9 Å². The molecule has 0 spiro atoms. The molecule has 1 heterocycles. The highest BCUT2D eigenvalue weighted by Gasteiger charge is 2.16. The molecule has 0 aliphatic rings. The van der Waals surface area contributed by atoms with Crippen molar-refractivity contribution in [1.29, 1.82) is 0 Å². The highest BCUT2D eigenvalue weighted by Crippen LogP contribution is 2.08. The number of carboxylic acid groups (broad SMARTS) is 1. The molecule has 1 amide bonds. The summed E-state index contributed by atoms with van der Waals surface area (Å²) in [6.45, 7) is 5.30. The Labute approximate surface area is 122 Å². The molecule has 0 fully saturated rings. The number of aromatic nitrogens is 1. The summed E-state index contributed by atoms with van der Waals surface area (Å²) in [5, 5.41) is 11.2. The number of carbonyl (C=O) groups excluding carboxylic acids is 1. The van der Waals surface area contributed by atoms with Gasteiger partial charge in [-0.25, -0.2) is 14.0 Å². The third-order valence-corrected chi connectivity index (χ3v) is 2.40. The number of alkyl carbamates (subject to hydrolysis) is 1. The minimum absolute atomic E-state index is 0.0218. The Hall–Kier alpha value is -2.31. The maximum Gasteiger partial charge on any atom is 0.407 e. The third-order valence-electron chi connectivity index (χ3n) is 2.40. The van der Waals surface area contributed by atoms with Gasteiger partial charge in [0.2, 0.25) is 0 Å². The van der Waals surface area contributed by atoms with Crippen LogP contribution < -0.4 is 5.32 Å². The van der Waals surface area contributed by atoms with E-state index in [0.29, 0.717) is 6.33 Å². The zero-order chi connectivity index (χ0) is 16.0. The molecule has 1 aromatic rings. The largest absolute Gasteiger partial charge is 0.478 e. The van der Waals surface area contributed by atoms with Crippen LogP contribution in [0.1, 0.15) is 31.1 Å². The van der Waals surface area contributed by atoms with Crippen molar-refractivity contribution in [2.24, 2.45) is 0 Å². The van der Waals surface area contributed by atoms with Gasteiger partial charge in [0.15, 0.2) is 0 Å². The zero-order valence-electron chi connectivity index (χ0n) is 12.2. The number of aromatic carboxylic acids is 1. The second-order valence-corrected chi connectivity index (χ2v) is 5.50. The monoisotopic (exact) mass is 298 g/mol. The van der Waals surface area contributed by atoms with E-state index in [1.165, 1.54) is 23.0 Å².